The van der Waals surface area contributed by atoms with Gasteiger partial charge < -0.3 is 10.0 Å². The van der Waals surface area contributed by atoms with Gasteiger partial charge in [0.15, 0.2) is 0 Å². The van der Waals surface area contributed by atoms with E-state index in [1.165, 1.54) is 11.1 Å². The molecule has 102 valence electrons. The Labute approximate surface area is 112 Å². The van der Waals surface area contributed by atoms with Gasteiger partial charge in [0.1, 0.15) is 6.04 Å². The van der Waals surface area contributed by atoms with E-state index in [0.717, 1.165) is 18.4 Å². The molecule has 2 unspecified atom stereocenters. The molecule has 1 aliphatic heterocycles. The van der Waals surface area contributed by atoms with Crippen LogP contribution in [0.25, 0.3) is 0 Å². The lowest BCUT2D eigenvalue weighted by Crippen LogP contribution is -2.51. The van der Waals surface area contributed by atoms with Crippen molar-refractivity contribution in [2.24, 2.45) is 5.92 Å². The normalized spacial score (nSPS) is 23.2. The van der Waals surface area contributed by atoms with Crippen molar-refractivity contribution in [2.45, 2.75) is 32.7 Å². The molecule has 0 saturated carbocycles. The Kier molecular flexibility index (Phi) is 3.83. The standard InChI is InChI=1S/C14H18N2O3/c1-9-6-11(8-15-7-9)13(17)16-5-3-4-10(2)12(16)14(18)19/h6-8,10,12H,3-5H2,1-2H3,(H,18,19). The molecule has 19 heavy (non-hydrogen) atoms. The fourth-order valence-electron chi connectivity index (χ4n) is 2.63. The Hall–Kier alpha value is -1.91. The minimum atomic E-state index is -0.929. The lowest BCUT2D eigenvalue weighted by molar-refractivity contribution is -0.145. The number of hydrogen-bond acceptors (Lipinski definition) is 3. The number of hydrogen-bond donors (Lipinski definition) is 1. The number of likely N-dealkylation sites (tertiary alicyclic amines) is 1. The second kappa shape index (κ2) is 5.38. The number of piperidine rings is 1. The Balaban J connectivity index is 2.28. The summed E-state index contributed by atoms with van der Waals surface area (Å²) in [7, 11) is 0. The van der Waals surface area contributed by atoms with Crippen LogP contribution in [0.15, 0.2) is 18.5 Å². The molecule has 0 bridgehead atoms. The molecule has 0 radical (unpaired) electrons. The second-order valence-electron chi connectivity index (χ2n) is 5.15. The molecule has 0 spiro atoms. The monoisotopic (exact) mass is 262 g/mol. The van der Waals surface area contributed by atoms with Crippen LogP contribution in [-0.2, 0) is 4.79 Å². The zero-order valence-electron chi connectivity index (χ0n) is 11.2. The molecule has 2 atom stereocenters. The third kappa shape index (κ3) is 2.75. The smallest absolute Gasteiger partial charge is 0.326 e. The molecule has 1 saturated heterocycles. The third-order valence-corrected chi connectivity index (χ3v) is 3.57. The number of aromatic nitrogens is 1. The predicted octanol–water partition coefficient (Wildman–Crippen LogP) is 1.72. The number of aliphatic carboxylic acids is 1. The molecular weight excluding hydrogens is 244 g/mol. The molecule has 0 aromatic carbocycles. The minimum absolute atomic E-state index is 0.0204. The molecular formula is C14H18N2O3. The molecule has 2 rings (SSSR count). The van der Waals surface area contributed by atoms with Gasteiger partial charge >= 0.3 is 5.97 Å². The van der Waals surface area contributed by atoms with Crippen molar-refractivity contribution in [2.75, 3.05) is 6.54 Å². The van der Waals surface area contributed by atoms with Crippen molar-refractivity contribution in [3.8, 4) is 0 Å². The lowest BCUT2D eigenvalue weighted by Gasteiger charge is -2.37. The van der Waals surface area contributed by atoms with Gasteiger partial charge in [-0.3, -0.25) is 9.78 Å². The molecule has 5 nitrogen and oxygen atoms in total. The van der Waals surface area contributed by atoms with Crippen molar-refractivity contribution < 1.29 is 14.7 Å². The van der Waals surface area contributed by atoms with E-state index in [2.05, 4.69) is 4.98 Å². The van der Waals surface area contributed by atoms with Crippen LogP contribution >= 0.6 is 0 Å². The van der Waals surface area contributed by atoms with E-state index in [9.17, 15) is 14.7 Å². The maximum absolute atomic E-state index is 12.4. The average molecular weight is 262 g/mol. The van der Waals surface area contributed by atoms with E-state index < -0.39 is 12.0 Å². The van der Waals surface area contributed by atoms with E-state index >= 15 is 0 Å². The number of rotatable bonds is 2. The molecule has 0 aliphatic carbocycles. The Bertz CT molecular complexity index is 501. The van der Waals surface area contributed by atoms with Crippen LogP contribution in [0.1, 0.15) is 35.7 Å². The van der Waals surface area contributed by atoms with Crippen molar-refractivity contribution in [3.63, 3.8) is 0 Å². The Morgan fingerprint density at radius 1 is 1.42 bits per heavy atom. The van der Waals surface area contributed by atoms with Gasteiger partial charge in [-0.2, -0.15) is 0 Å². The van der Waals surface area contributed by atoms with Gasteiger partial charge in [0, 0.05) is 18.9 Å². The third-order valence-electron chi connectivity index (χ3n) is 3.57. The molecule has 1 fully saturated rings. The highest BCUT2D eigenvalue weighted by atomic mass is 16.4. The number of carbonyl (C=O) groups excluding carboxylic acids is 1. The fourth-order valence-corrected chi connectivity index (χ4v) is 2.63. The first-order chi connectivity index (χ1) is 9.00. The summed E-state index contributed by atoms with van der Waals surface area (Å²) in [6.45, 7) is 4.23. The zero-order chi connectivity index (χ0) is 14.0. The number of carbonyl (C=O) groups is 2. The number of nitrogens with zero attached hydrogens (tertiary/aromatic N) is 2. The second-order valence-corrected chi connectivity index (χ2v) is 5.15. The Morgan fingerprint density at radius 2 is 2.16 bits per heavy atom. The molecule has 1 N–H and O–H groups in total. The van der Waals surface area contributed by atoms with Crippen molar-refractivity contribution in [3.05, 3.63) is 29.6 Å². The van der Waals surface area contributed by atoms with Gasteiger partial charge in [-0.15, -0.1) is 0 Å². The van der Waals surface area contributed by atoms with Gasteiger partial charge in [-0.1, -0.05) is 6.92 Å². The first-order valence-electron chi connectivity index (χ1n) is 6.46. The molecule has 1 aliphatic rings. The van der Waals surface area contributed by atoms with Gasteiger partial charge in [0.25, 0.3) is 5.91 Å². The predicted molar refractivity (Wildman–Crippen MR) is 69.8 cm³/mol. The minimum Gasteiger partial charge on any atom is -0.480 e. The van der Waals surface area contributed by atoms with E-state index in [0.29, 0.717) is 12.1 Å². The van der Waals surface area contributed by atoms with E-state index in [1.54, 1.807) is 12.3 Å². The van der Waals surface area contributed by atoms with Gasteiger partial charge in [-0.25, -0.2) is 4.79 Å². The van der Waals surface area contributed by atoms with Crippen LogP contribution in [0.4, 0.5) is 0 Å². The van der Waals surface area contributed by atoms with Gasteiger partial charge in [0.2, 0.25) is 0 Å². The molecule has 2 heterocycles. The van der Waals surface area contributed by atoms with E-state index in [4.69, 9.17) is 0 Å². The average Bonchev–Trinajstić information content (AvgIpc) is 2.37. The highest BCUT2D eigenvalue weighted by Gasteiger charge is 2.37. The van der Waals surface area contributed by atoms with Crippen LogP contribution in [0.3, 0.4) is 0 Å². The SMILES string of the molecule is Cc1cncc(C(=O)N2CCCC(C)C2C(=O)O)c1. The van der Waals surface area contributed by atoms with E-state index in [1.807, 2.05) is 13.8 Å². The van der Waals surface area contributed by atoms with Crippen LogP contribution in [-0.4, -0.2) is 39.5 Å². The number of pyridine rings is 1. The summed E-state index contributed by atoms with van der Waals surface area (Å²) in [6, 6.07) is 1.01. The van der Waals surface area contributed by atoms with Crippen molar-refractivity contribution in [1.82, 2.24) is 9.88 Å². The van der Waals surface area contributed by atoms with Crippen LogP contribution in [0, 0.1) is 12.8 Å². The quantitative estimate of drug-likeness (QED) is 0.881. The molecule has 5 heteroatoms. The summed E-state index contributed by atoms with van der Waals surface area (Å²) >= 11 is 0. The molecule has 1 aromatic heterocycles. The van der Waals surface area contributed by atoms with E-state index in [-0.39, 0.29) is 11.8 Å². The number of aryl methyl sites for hydroxylation is 1. The molecule has 1 amide bonds. The Morgan fingerprint density at radius 3 is 2.79 bits per heavy atom. The van der Waals surface area contributed by atoms with Gasteiger partial charge in [0.05, 0.1) is 5.56 Å². The first-order valence-corrected chi connectivity index (χ1v) is 6.46. The number of carboxylic acid groups (broad SMARTS) is 1. The fraction of sp³-hybridized carbons (Fsp3) is 0.500. The highest BCUT2D eigenvalue weighted by Crippen LogP contribution is 2.25. The van der Waals surface area contributed by atoms with Crippen molar-refractivity contribution >= 4 is 11.9 Å². The number of amides is 1. The maximum atomic E-state index is 12.4. The van der Waals surface area contributed by atoms with Gasteiger partial charge in [-0.05, 0) is 37.3 Å². The lowest BCUT2D eigenvalue weighted by atomic mass is 9.90. The van der Waals surface area contributed by atoms with Crippen LogP contribution in [0.5, 0.6) is 0 Å². The van der Waals surface area contributed by atoms with Crippen LogP contribution in [0.2, 0.25) is 0 Å². The van der Waals surface area contributed by atoms with Crippen LogP contribution < -0.4 is 0 Å². The summed E-state index contributed by atoms with van der Waals surface area (Å²) in [4.78, 5) is 29.3. The first kappa shape index (κ1) is 13.5. The zero-order valence-corrected chi connectivity index (χ0v) is 11.2. The largest absolute Gasteiger partial charge is 0.480 e. The molecule has 1 aromatic rings. The summed E-state index contributed by atoms with van der Waals surface area (Å²) in [5.41, 5.74) is 1.35. The summed E-state index contributed by atoms with van der Waals surface area (Å²) < 4.78 is 0. The summed E-state index contributed by atoms with van der Waals surface area (Å²) in [5.74, 6) is -1.19. The highest BCUT2D eigenvalue weighted by molar-refractivity contribution is 5.96. The van der Waals surface area contributed by atoms with Crippen molar-refractivity contribution in [1.29, 1.82) is 0 Å². The summed E-state index contributed by atoms with van der Waals surface area (Å²) in [5, 5.41) is 9.32. The topological polar surface area (TPSA) is 70.5 Å². The number of carboxylic acids is 1. The summed E-state index contributed by atoms with van der Waals surface area (Å²) in [6.07, 6.45) is 4.85. The maximum Gasteiger partial charge on any atom is 0.326 e.